The van der Waals surface area contributed by atoms with Gasteiger partial charge in [-0.05, 0) is 26.2 Å². The van der Waals surface area contributed by atoms with Gasteiger partial charge in [0.1, 0.15) is 0 Å². The molecule has 0 saturated carbocycles. The van der Waals surface area contributed by atoms with Crippen LogP contribution in [-0.4, -0.2) is 31.5 Å². The molecule has 0 amide bonds. The smallest absolute Gasteiger partial charge is 0.0746 e. The monoisotopic (exact) mass is 217 g/mol. The fraction of sp³-hybridized carbons (Fsp3) is 1.00. The summed E-state index contributed by atoms with van der Waals surface area (Å²) in [6, 6.07) is 0. The van der Waals surface area contributed by atoms with E-state index in [1.807, 2.05) is 20.8 Å². The molecule has 0 bridgehead atoms. The summed E-state index contributed by atoms with van der Waals surface area (Å²) < 4.78 is 11.3. The summed E-state index contributed by atoms with van der Waals surface area (Å²) in [6.45, 7) is 14.3. The van der Waals surface area contributed by atoms with Crippen molar-refractivity contribution in [2.45, 2.75) is 53.2 Å². The molecule has 3 nitrogen and oxygen atoms in total. The standard InChI is InChI=1S/C12H27NO2/c1-11(2,3)10(9-13)14-7-8-15-12(4,5)6/h10H,7-9,13H2,1-6H3. The van der Waals surface area contributed by atoms with E-state index in [2.05, 4.69) is 20.8 Å². The number of nitrogens with two attached hydrogens (primary N) is 1. The molecule has 0 spiro atoms. The van der Waals surface area contributed by atoms with Crippen molar-refractivity contribution in [1.29, 1.82) is 0 Å². The van der Waals surface area contributed by atoms with Gasteiger partial charge in [0.2, 0.25) is 0 Å². The van der Waals surface area contributed by atoms with Crippen LogP contribution >= 0.6 is 0 Å². The van der Waals surface area contributed by atoms with E-state index >= 15 is 0 Å². The van der Waals surface area contributed by atoms with Gasteiger partial charge in [-0.3, -0.25) is 0 Å². The van der Waals surface area contributed by atoms with Crippen LogP contribution in [-0.2, 0) is 9.47 Å². The fourth-order valence-corrected chi connectivity index (χ4v) is 1.21. The largest absolute Gasteiger partial charge is 0.374 e. The Labute approximate surface area is 94.3 Å². The predicted octanol–water partition coefficient (Wildman–Crippen LogP) is 2.19. The molecule has 15 heavy (non-hydrogen) atoms. The summed E-state index contributed by atoms with van der Waals surface area (Å²) >= 11 is 0. The van der Waals surface area contributed by atoms with Gasteiger partial charge in [-0.1, -0.05) is 20.8 Å². The van der Waals surface area contributed by atoms with Gasteiger partial charge in [0.25, 0.3) is 0 Å². The summed E-state index contributed by atoms with van der Waals surface area (Å²) in [5.74, 6) is 0. The van der Waals surface area contributed by atoms with Crippen molar-refractivity contribution in [1.82, 2.24) is 0 Å². The topological polar surface area (TPSA) is 44.5 Å². The van der Waals surface area contributed by atoms with Crippen LogP contribution in [0.1, 0.15) is 41.5 Å². The van der Waals surface area contributed by atoms with Crippen molar-refractivity contribution in [3.8, 4) is 0 Å². The molecule has 0 aromatic carbocycles. The van der Waals surface area contributed by atoms with Crippen LogP contribution in [0.25, 0.3) is 0 Å². The second-order valence-corrected chi connectivity index (χ2v) is 5.92. The molecule has 0 heterocycles. The van der Waals surface area contributed by atoms with Crippen molar-refractivity contribution >= 4 is 0 Å². The highest BCUT2D eigenvalue weighted by molar-refractivity contribution is 4.75. The van der Waals surface area contributed by atoms with E-state index in [1.54, 1.807) is 0 Å². The zero-order chi connectivity index (χ0) is 12.1. The minimum absolute atomic E-state index is 0.0937. The molecular formula is C12H27NO2. The highest BCUT2D eigenvalue weighted by Crippen LogP contribution is 2.21. The first-order valence-electron chi connectivity index (χ1n) is 5.62. The van der Waals surface area contributed by atoms with Crippen LogP contribution in [0, 0.1) is 5.41 Å². The Morgan fingerprint density at radius 2 is 1.53 bits per heavy atom. The molecule has 0 radical (unpaired) electrons. The molecule has 0 aromatic rings. The Hall–Kier alpha value is -0.120. The molecule has 2 N–H and O–H groups in total. The van der Waals surface area contributed by atoms with Crippen molar-refractivity contribution in [2.75, 3.05) is 19.8 Å². The Balaban J connectivity index is 3.75. The van der Waals surface area contributed by atoms with Crippen LogP contribution in [0.2, 0.25) is 0 Å². The van der Waals surface area contributed by atoms with E-state index in [4.69, 9.17) is 15.2 Å². The minimum Gasteiger partial charge on any atom is -0.374 e. The maximum absolute atomic E-state index is 5.70. The number of ether oxygens (including phenoxy) is 2. The lowest BCUT2D eigenvalue weighted by atomic mass is 9.89. The molecule has 0 saturated heterocycles. The third-order valence-corrected chi connectivity index (χ3v) is 2.12. The molecule has 0 aromatic heterocycles. The van der Waals surface area contributed by atoms with E-state index in [-0.39, 0.29) is 17.1 Å². The predicted molar refractivity (Wildman–Crippen MR) is 64.0 cm³/mol. The summed E-state index contributed by atoms with van der Waals surface area (Å²) in [6.07, 6.45) is 0.0982. The average molecular weight is 217 g/mol. The molecule has 92 valence electrons. The maximum atomic E-state index is 5.70. The Morgan fingerprint density at radius 3 is 1.87 bits per heavy atom. The van der Waals surface area contributed by atoms with Crippen molar-refractivity contribution < 1.29 is 9.47 Å². The van der Waals surface area contributed by atoms with Gasteiger partial charge < -0.3 is 15.2 Å². The van der Waals surface area contributed by atoms with Gasteiger partial charge in [-0.15, -0.1) is 0 Å². The number of hydrogen-bond acceptors (Lipinski definition) is 3. The Morgan fingerprint density at radius 1 is 1.00 bits per heavy atom. The number of rotatable bonds is 5. The molecular weight excluding hydrogens is 190 g/mol. The summed E-state index contributed by atoms with van der Waals surface area (Å²) in [4.78, 5) is 0. The highest BCUT2D eigenvalue weighted by atomic mass is 16.5. The second kappa shape index (κ2) is 5.83. The van der Waals surface area contributed by atoms with Gasteiger partial charge in [0.05, 0.1) is 24.9 Å². The molecule has 0 rings (SSSR count). The zero-order valence-electron chi connectivity index (χ0n) is 11.1. The van der Waals surface area contributed by atoms with E-state index in [0.29, 0.717) is 19.8 Å². The maximum Gasteiger partial charge on any atom is 0.0746 e. The van der Waals surface area contributed by atoms with Gasteiger partial charge in [-0.2, -0.15) is 0 Å². The molecule has 0 aliphatic rings. The van der Waals surface area contributed by atoms with Crippen LogP contribution in [0.5, 0.6) is 0 Å². The van der Waals surface area contributed by atoms with Crippen molar-refractivity contribution in [2.24, 2.45) is 11.1 Å². The molecule has 1 atom stereocenters. The van der Waals surface area contributed by atoms with Crippen LogP contribution < -0.4 is 5.73 Å². The fourth-order valence-electron chi connectivity index (χ4n) is 1.21. The Kier molecular flexibility index (Phi) is 5.78. The first-order valence-corrected chi connectivity index (χ1v) is 5.62. The molecule has 0 aliphatic heterocycles. The first-order chi connectivity index (χ1) is 6.67. The highest BCUT2D eigenvalue weighted by Gasteiger charge is 2.23. The lowest BCUT2D eigenvalue weighted by Gasteiger charge is -2.30. The van der Waals surface area contributed by atoms with E-state index in [9.17, 15) is 0 Å². The van der Waals surface area contributed by atoms with Crippen LogP contribution in [0.3, 0.4) is 0 Å². The van der Waals surface area contributed by atoms with Gasteiger partial charge in [0.15, 0.2) is 0 Å². The molecule has 3 heteroatoms. The quantitative estimate of drug-likeness (QED) is 0.718. The van der Waals surface area contributed by atoms with Crippen molar-refractivity contribution in [3.63, 3.8) is 0 Å². The first kappa shape index (κ1) is 14.9. The van der Waals surface area contributed by atoms with Crippen LogP contribution in [0.4, 0.5) is 0 Å². The molecule has 0 fully saturated rings. The lowest BCUT2D eigenvalue weighted by molar-refractivity contribution is -0.0716. The van der Waals surface area contributed by atoms with Crippen LogP contribution in [0.15, 0.2) is 0 Å². The normalized spacial score (nSPS) is 15.4. The summed E-state index contributed by atoms with van der Waals surface area (Å²) in [7, 11) is 0. The molecule has 0 aliphatic carbocycles. The van der Waals surface area contributed by atoms with E-state index in [0.717, 1.165) is 0 Å². The Bertz CT molecular complexity index is 167. The second-order valence-electron chi connectivity index (χ2n) is 5.92. The summed E-state index contributed by atoms with van der Waals surface area (Å²) in [5, 5.41) is 0. The zero-order valence-corrected chi connectivity index (χ0v) is 11.1. The lowest BCUT2D eigenvalue weighted by Crippen LogP contribution is -2.37. The minimum atomic E-state index is -0.0939. The average Bonchev–Trinajstić information content (AvgIpc) is 1.99. The third kappa shape index (κ3) is 7.77. The van der Waals surface area contributed by atoms with Gasteiger partial charge >= 0.3 is 0 Å². The van der Waals surface area contributed by atoms with E-state index < -0.39 is 0 Å². The summed E-state index contributed by atoms with van der Waals surface area (Å²) in [5.41, 5.74) is 5.66. The van der Waals surface area contributed by atoms with E-state index in [1.165, 1.54) is 0 Å². The number of hydrogen-bond donors (Lipinski definition) is 1. The van der Waals surface area contributed by atoms with Gasteiger partial charge in [-0.25, -0.2) is 0 Å². The SMILES string of the molecule is CC(C)(C)OCCOC(CN)C(C)(C)C. The van der Waals surface area contributed by atoms with Crippen molar-refractivity contribution in [3.05, 3.63) is 0 Å². The van der Waals surface area contributed by atoms with Gasteiger partial charge in [0, 0.05) is 6.54 Å². The third-order valence-electron chi connectivity index (χ3n) is 2.12. The molecule has 1 unspecified atom stereocenters.